The van der Waals surface area contributed by atoms with Gasteiger partial charge in [0.15, 0.2) is 0 Å². The van der Waals surface area contributed by atoms with Crippen molar-refractivity contribution in [3.63, 3.8) is 0 Å². The zero-order chi connectivity index (χ0) is 10.9. The van der Waals surface area contributed by atoms with Gasteiger partial charge in [0.2, 0.25) is 0 Å². The molecule has 7 heteroatoms. The summed E-state index contributed by atoms with van der Waals surface area (Å²) in [4.78, 5) is 33.5. The van der Waals surface area contributed by atoms with E-state index in [1.807, 2.05) is 0 Å². The summed E-state index contributed by atoms with van der Waals surface area (Å²) in [5, 5.41) is 0. The third-order valence-corrected chi connectivity index (χ3v) is 2.78. The van der Waals surface area contributed by atoms with Crippen LogP contribution in [0.4, 0.5) is 0 Å². The lowest BCUT2D eigenvalue weighted by Crippen LogP contribution is -2.21. The van der Waals surface area contributed by atoms with Gasteiger partial charge in [0.25, 0.3) is 16.1 Å². The Bertz CT molecular complexity index is 89.1. The van der Waals surface area contributed by atoms with E-state index in [0.717, 1.165) is 0 Å². The van der Waals surface area contributed by atoms with Crippen molar-refractivity contribution in [1.29, 1.82) is 0 Å². The van der Waals surface area contributed by atoms with Gasteiger partial charge in [0, 0.05) is 0 Å². The summed E-state index contributed by atoms with van der Waals surface area (Å²) in [6.07, 6.45) is 0. The Morgan fingerprint density at radius 3 is 1.00 bits per heavy atom. The van der Waals surface area contributed by atoms with Crippen molar-refractivity contribution in [3.05, 3.63) is 0 Å². The van der Waals surface area contributed by atoms with Crippen LogP contribution in [-0.2, 0) is 0 Å². The minimum absolute atomic E-state index is 1.19. The molecule has 0 atom stereocenters. The lowest BCUT2D eigenvalue weighted by atomic mass is 10.5. The quantitative estimate of drug-likeness (QED) is 0.539. The molecule has 0 aromatic carbocycles. The molecule has 0 aliphatic carbocycles. The zero-order valence-corrected chi connectivity index (χ0v) is 10.0. The van der Waals surface area contributed by atoms with Crippen LogP contribution in [0.25, 0.3) is 0 Å². The molecule has 0 fully saturated rings. The fraction of sp³-hybridized carbons (Fsp3) is 1.00. The van der Waals surface area contributed by atoms with Gasteiger partial charge in [-0.1, -0.05) is 20.8 Å². The maximum atomic E-state index is 7.78. The van der Waals surface area contributed by atoms with E-state index in [1.54, 1.807) is 0 Å². The average molecular weight is 231 g/mol. The molecule has 0 aromatic heterocycles. The summed E-state index contributed by atoms with van der Waals surface area (Å²) in [7, 11) is -4.97. The number of hydrogen-bond donors (Lipinski definition) is 4. The fourth-order valence-electron chi connectivity index (χ4n) is 0.671. The van der Waals surface area contributed by atoms with Crippen molar-refractivity contribution in [2.24, 2.45) is 0 Å². The second-order valence-electron chi connectivity index (χ2n) is 2.16. The van der Waals surface area contributed by atoms with Gasteiger partial charge >= 0.3 is 0 Å². The Labute approximate surface area is 81.7 Å². The lowest BCUT2D eigenvalue weighted by Gasteiger charge is -2.13. The second-order valence-corrected chi connectivity index (χ2v) is 5.38. The fourth-order valence-corrected chi connectivity index (χ4v) is 0.671. The van der Waals surface area contributed by atoms with Gasteiger partial charge in [-0.15, -0.1) is 0 Å². The van der Waals surface area contributed by atoms with Crippen molar-refractivity contribution in [2.45, 2.75) is 20.8 Å². The Morgan fingerprint density at radius 2 is 1.00 bits per heavy atom. The predicted octanol–water partition coefficient (Wildman–Crippen LogP) is 0.842. The number of rotatable bonds is 4. The van der Waals surface area contributed by atoms with E-state index in [1.165, 1.54) is 19.6 Å². The summed E-state index contributed by atoms with van der Waals surface area (Å²) >= 11 is 0. The first-order valence-corrected chi connectivity index (χ1v) is 7.27. The van der Waals surface area contributed by atoms with Gasteiger partial charge in [-0.05, 0) is 19.6 Å². The maximum Gasteiger partial charge on any atom is 0.250 e. The van der Waals surface area contributed by atoms with Crippen LogP contribution < -0.4 is 0 Å². The Balaban J connectivity index is 0. The van der Waals surface area contributed by atoms with E-state index in [-0.39, 0.29) is 0 Å². The molecule has 0 unspecified atom stereocenters. The van der Waals surface area contributed by atoms with Gasteiger partial charge in [-0.2, -0.15) is 0 Å². The second kappa shape index (κ2) is 10.7. The highest BCUT2D eigenvalue weighted by Gasteiger charge is 2.08. The molecule has 0 spiro atoms. The van der Waals surface area contributed by atoms with E-state index < -0.39 is 16.1 Å². The normalized spacial score (nSPS) is 10.6. The van der Waals surface area contributed by atoms with Crippen LogP contribution >= 0.6 is 16.1 Å². The standard InChI is InChI=1S/C6H15N.H4O4P2/c1-4-7(5-2)6-3;1-5(2)6(3)4/h4-6H2,1-3H3;1-4H. The zero-order valence-electron chi connectivity index (χ0n) is 8.25. The van der Waals surface area contributed by atoms with Gasteiger partial charge in [0.1, 0.15) is 0 Å². The van der Waals surface area contributed by atoms with E-state index in [2.05, 4.69) is 25.7 Å². The van der Waals surface area contributed by atoms with Crippen molar-refractivity contribution in [3.8, 4) is 0 Å². The van der Waals surface area contributed by atoms with Crippen molar-refractivity contribution < 1.29 is 19.6 Å². The first-order chi connectivity index (χ1) is 5.99. The molecule has 0 radical (unpaired) electrons. The topological polar surface area (TPSA) is 84.2 Å². The van der Waals surface area contributed by atoms with Gasteiger partial charge in [-0.3, -0.25) is 0 Å². The highest BCUT2D eigenvalue weighted by Crippen LogP contribution is 2.56. The first-order valence-electron chi connectivity index (χ1n) is 4.07. The first kappa shape index (κ1) is 16.1. The number of hydrogen-bond acceptors (Lipinski definition) is 5. The highest BCUT2D eigenvalue weighted by atomic mass is 32.1. The predicted molar refractivity (Wildman–Crippen MR) is 56.2 cm³/mol. The SMILES string of the molecule is CCN(CC)CC.OP(O)P(O)O. The molecule has 0 bridgehead atoms. The molecule has 0 aliphatic rings. The van der Waals surface area contributed by atoms with E-state index >= 15 is 0 Å². The third kappa shape index (κ3) is 12.7. The van der Waals surface area contributed by atoms with Crippen molar-refractivity contribution >= 4 is 16.1 Å². The minimum atomic E-state index is -2.48. The van der Waals surface area contributed by atoms with Gasteiger partial charge in [-0.25, -0.2) is 0 Å². The molecule has 0 rings (SSSR count). The highest BCUT2D eigenvalue weighted by molar-refractivity contribution is 8.19. The summed E-state index contributed by atoms with van der Waals surface area (Å²) in [6.45, 7) is 10.1. The minimum Gasteiger partial charge on any atom is -0.344 e. The molecule has 0 amide bonds. The molecule has 0 aliphatic heterocycles. The largest absolute Gasteiger partial charge is 0.344 e. The molecule has 0 saturated carbocycles. The molecule has 0 aromatic rings. The molecule has 13 heavy (non-hydrogen) atoms. The van der Waals surface area contributed by atoms with Crippen LogP contribution in [0.15, 0.2) is 0 Å². The molecular formula is C6H19NO4P2. The van der Waals surface area contributed by atoms with E-state index in [0.29, 0.717) is 0 Å². The van der Waals surface area contributed by atoms with Crippen LogP contribution in [-0.4, -0.2) is 44.1 Å². The molecule has 0 heterocycles. The van der Waals surface area contributed by atoms with Crippen molar-refractivity contribution in [2.75, 3.05) is 19.6 Å². The summed E-state index contributed by atoms with van der Waals surface area (Å²) < 4.78 is 0. The van der Waals surface area contributed by atoms with Crippen LogP contribution in [0.2, 0.25) is 0 Å². The van der Waals surface area contributed by atoms with Crippen molar-refractivity contribution in [1.82, 2.24) is 4.90 Å². The molecular weight excluding hydrogens is 212 g/mol. The van der Waals surface area contributed by atoms with Crippen LogP contribution in [0.3, 0.4) is 0 Å². The molecule has 4 N–H and O–H groups in total. The summed E-state index contributed by atoms with van der Waals surface area (Å²) in [5.74, 6) is 0. The maximum absolute atomic E-state index is 7.78. The Morgan fingerprint density at radius 1 is 0.769 bits per heavy atom. The van der Waals surface area contributed by atoms with Gasteiger partial charge < -0.3 is 24.5 Å². The third-order valence-electron chi connectivity index (χ3n) is 1.50. The van der Waals surface area contributed by atoms with Crippen LogP contribution in [0.1, 0.15) is 20.8 Å². The Kier molecular flexibility index (Phi) is 13.3. The van der Waals surface area contributed by atoms with E-state index in [4.69, 9.17) is 19.6 Å². The smallest absolute Gasteiger partial charge is 0.250 e. The molecule has 0 saturated heterocycles. The average Bonchev–Trinajstić information content (AvgIpc) is 2.08. The monoisotopic (exact) mass is 231 g/mol. The Hall–Kier alpha value is 0.660. The molecule has 5 nitrogen and oxygen atoms in total. The summed E-state index contributed by atoms with van der Waals surface area (Å²) in [6, 6.07) is 0. The lowest BCUT2D eigenvalue weighted by molar-refractivity contribution is 0.321. The molecule has 82 valence electrons. The van der Waals surface area contributed by atoms with Crippen LogP contribution in [0.5, 0.6) is 0 Å². The summed E-state index contributed by atoms with van der Waals surface area (Å²) in [5.41, 5.74) is 0. The van der Waals surface area contributed by atoms with E-state index in [9.17, 15) is 0 Å². The number of nitrogens with zero attached hydrogens (tertiary/aromatic N) is 1. The van der Waals surface area contributed by atoms with Crippen LogP contribution in [0, 0.1) is 0 Å². The van der Waals surface area contributed by atoms with Gasteiger partial charge in [0.05, 0.1) is 0 Å².